The van der Waals surface area contributed by atoms with E-state index < -0.39 is 5.82 Å². The van der Waals surface area contributed by atoms with Gasteiger partial charge in [-0.2, -0.15) is 5.26 Å². The molecule has 17 heavy (non-hydrogen) atoms. The Kier molecular flexibility index (Phi) is 2.99. The fourth-order valence-electron chi connectivity index (χ4n) is 1.56. The van der Waals surface area contributed by atoms with E-state index in [0.717, 1.165) is 0 Å². The number of benzene rings is 2. The summed E-state index contributed by atoms with van der Waals surface area (Å²) in [6.07, 6.45) is 0. The molecule has 0 unspecified atom stereocenters. The summed E-state index contributed by atoms with van der Waals surface area (Å²) in [4.78, 5) is 0. The van der Waals surface area contributed by atoms with E-state index in [2.05, 4.69) is 0 Å². The molecule has 84 valence electrons. The number of nitriles is 1. The predicted octanol–water partition coefficient (Wildman–Crippen LogP) is 3.72. The van der Waals surface area contributed by atoms with E-state index >= 15 is 0 Å². The van der Waals surface area contributed by atoms with E-state index in [-0.39, 0.29) is 27.5 Å². The van der Waals surface area contributed by atoms with Gasteiger partial charge in [0.1, 0.15) is 17.6 Å². The van der Waals surface area contributed by atoms with Crippen molar-refractivity contribution in [1.29, 1.82) is 5.26 Å². The molecule has 2 aromatic rings. The van der Waals surface area contributed by atoms with Crippen LogP contribution in [0.25, 0.3) is 11.1 Å². The maximum absolute atomic E-state index is 13.9. The first-order valence-corrected chi connectivity index (χ1v) is 5.19. The molecule has 0 bridgehead atoms. The van der Waals surface area contributed by atoms with Crippen molar-refractivity contribution in [2.75, 3.05) is 0 Å². The lowest BCUT2D eigenvalue weighted by Crippen LogP contribution is -1.89. The molecule has 2 aromatic carbocycles. The molecule has 0 spiro atoms. The molecule has 0 aliphatic heterocycles. The molecule has 2 rings (SSSR count). The Hall–Kier alpha value is -2.05. The molecule has 0 saturated carbocycles. The van der Waals surface area contributed by atoms with Crippen molar-refractivity contribution in [3.8, 4) is 22.9 Å². The molecule has 0 heterocycles. The van der Waals surface area contributed by atoms with Gasteiger partial charge in [0.25, 0.3) is 0 Å². The van der Waals surface area contributed by atoms with E-state index in [4.69, 9.17) is 16.9 Å². The van der Waals surface area contributed by atoms with Crippen LogP contribution in [0.5, 0.6) is 5.75 Å². The second-order valence-corrected chi connectivity index (χ2v) is 3.82. The minimum atomic E-state index is -0.660. The van der Waals surface area contributed by atoms with Gasteiger partial charge in [-0.05, 0) is 12.1 Å². The molecule has 0 aliphatic carbocycles. The number of hydrogen-bond acceptors (Lipinski definition) is 2. The zero-order valence-electron chi connectivity index (χ0n) is 8.61. The highest BCUT2D eigenvalue weighted by atomic mass is 35.5. The molecule has 0 fully saturated rings. The summed E-state index contributed by atoms with van der Waals surface area (Å²) in [5.74, 6) is -0.851. The lowest BCUT2D eigenvalue weighted by molar-refractivity contribution is 0.477. The Morgan fingerprint density at radius 2 is 1.76 bits per heavy atom. The summed E-state index contributed by atoms with van der Waals surface area (Å²) in [5, 5.41) is 18.6. The number of phenolic OH excluding ortho intramolecular Hbond substituents is 1. The summed E-state index contributed by atoms with van der Waals surface area (Å²) < 4.78 is 13.9. The van der Waals surface area contributed by atoms with Crippen LogP contribution in [0, 0.1) is 17.1 Å². The van der Waals surface area contributed by atoms with Gasteiger partial charge in [0.05, 0.1) is 10.6 Å². The molecule has 0 radical (unpaired) electrons. The Balaban J connectivity index is 2.70. The lowest BCUT2D eigenvalue weighted by Gasteiger charge is -2.07. The maximum Gasteiger partial charge on any atom is 0.148 e. The minimum Gasteiger partial charge on any atom is -0.506 e. The molecule has 0 saturated heterocycles. The number of rotatable bonds is 1. The molecular weight excluding hydrogens is 241 g/mol. The Morgan fingerprint density at radius 3 is 2.47 bits per heavy atom. The van der Waals surface area contributed by atoms with Crippen LogP contribution in [0.1, 0.15) is 5.56 Å². The topological polar surface area (TPSA) is 44.0 Å². The highest BCUT2D eigenvalue weighted by Gasteiger charge is 2.14. The monoisotopic (exact) mass is 247 g/mol. The summed E-state index contributed by atoms with van der Waals surface area (Å²) in [7, 11) is 0. The van der Waals surface area contributed by atoms with Gasteiger partial charge in [0.2, 0.25) is 0 Å². The van der Waals surface area contributed by atoms with Gasteiger partial charge in [-0.25, -0.2) is 4.39 Å². The van der Waals surface area contributed by atoms with Crippen LogP contribution < -0.4 is 0 Å². The normalized spacial score (nSPS) is 9.94. The van der Waals surface area contributed by atoms with Crippen LogP contribution in [0.15, 0.2) is 36.4 Å². The van der Waals surface area contributed by atoms with E-state index in [9.17, 15) is 9.50 Å². The Morgan fingerprint density at radius 1 is 1.12 bits per heavy atom. The molecule has 0 aromatic heterocycles. The zero-order valence-corrected chi connectivity index (χ0v) is 9.37. The maximum atomic E-state index is 13.9. The standard InChI is InChI=1S/C13H7ClFNO/c14-11-6-2-5-10(13(11)17)9-4-1-3-8(7-16)12(9)15/h1-6,17H. The van der Waals surface area contributed by atoms with E-state index in [1.807, 2.05) is 0 Å². The average Bonchev–Trinajstić information content (AvgIpc) is 2.33. The SMILES string of the molecule is N#Cc1cccc(-c2cccc(Cl)c2O)c1F. The Bertz CT molecular complexity index is 619. The predicted molar refractivity (Wildman–Crippen MR) is 63.2 cm³/mol. The zero-order chi connectivity index (χ0) is 12.4. The van der Waals surface area contributed by atoms with Crippen LogP contribution in [-0.2, 0) is 0 Å². The first-order valence-electron chi connectivity index (χ1n) is 4.81. The summed E-state index contributed by atoms with van der Waals surface area (Å²) in [5.41, 5.74) is 0.359. The molecule has 4 heteroatoms. The molecule has 1 N–H and O–H groups in total. The average molecular weight is 248 g/mol. The summed E-state index contributed by atoms with van der Waals surface area (Å²) >= 11 is 5.75. The highest BCUT2D eigenvalue weighted by Crippen LogP contribution is 2.36. The second-order valence-electron chi connectivity index (χ2n) is 3.41. The Labute approximate surface area is 103 Å². The fourth-order valence-corrected chi connectivity index (χ4v) is 1.73. The van der Waals surface area contributed by atoms with E-state index in [0.29, 0.717) is 0 Å². The third-order valence-corrected chi connectivity index (χ3v) is 2.70. The van der Waals surface area contributed by atoms with Crippen molar-refractivity contribution < 1.29 is 9.50 Å². The third-order valence-electron chi connectivity index (χ3n) is 2.40. The van der Waals surface area contributed by atoms with Crippen LogP contribution in [0.3, 0.4) is 0 Å². The van der Waals surface area contributed by atoms with Crippen molar-refractivity contribution in [2.45, 2.75) is 0 Å². The van der Waals surface area contributed by atoms with Gasteiger partial charge in [-0.15, -0.1) is 0 Å². The van der Waals surface area contributed by atoms with Crippen LogP contribution in [0.4, 0.5) is 4.39 Å². The minimum absolute atomic E-state index is 0.0677. The van der Waals surface area contributed by atoms with Crippen molar-refractivity contribution >= 4 is 11.6 Å². The summed E-state index contributed by atoms with van der Waals surface area (Å²) in [6.45, 7) is 0. The van der Waals surface area contributed by atoms with Crippen molar-refractivity contribution in [1.82, 2.24) is 0 Å². The second kappa shape index (κ2) is 4.44. The van der Waals surface area contributed by atoms with Crippen molar-refractivity contribution in [3.63, 3.8) is 0 Å². The molecule has 2 nitrogen and oxygen atoms in total. The third kappa shape index (κ3) is 1.95. The lowest BCUT2D eigenvalue weighted by atomic mass is 10.0. The summed E-state index contributed by atoms with van der Waals surface area (Å²) in [6, 6.07) is 10.8. The first kappa shape index (κ1) is 11.4. The van der Waals surface area contributed by atoms with Gasteiger partial charge in [-0.1, -0.05) is 35.9 Å². The van der Waals surface area contributed by atoms with Crippen LogP contribution in [-0.4, -0.2) is 5.11 Å². The number of halogens is 2. The molecule has 0 aliphatic rings. The first-order chi connectivity index (χ1) is 8.15. The molecule has 0 amide bonds. The largest absolute Gasteiger partial charge is 0.506 e. The van der Waals surface area contributed by atoms with Gasteiger partial charge in [0, 0.05) is 11.1 Å². The van der Waals surface area contributed by atoms with Crippen LogP contribution >= 0.6 is 11.6 Å². The number of aromatic hydroxyl groups is 1. The van der Waals surface area contributed by atoms with Gasteiger partial charge >= 0.3 is 0 Å². The molecular formula is C13H7ClFNO. The van der Waals surface area contributed by atoms with Gasteiger partial charge in [-0.3, -0.25) is 0 Å². The van der Waals surface area contributed by atoms with E-state index in [1.165, 1.54) is 18.2 Å². The smallest absolute Gasteiger partial charge is 0.148 e. The van der Waals surface area contributed by atoms with Gasteiger partial charge < -0.3 is 5.11 Å². The number of nitrogens with zero attached hydrogens (tertiary/aromatic N) is 1. The van der Waals surface area contributed by atoms with Crippen molar-refractivity contribution in [2.24, 2.45) is 0 Å². The van der Waals surface area contributed by atoms with E-state index in [1.54, 1.807) is 24.3 Å². The quantitative estimate of drug-likeness (QED) is 0.835. The number of phenols is 1. The number of hydrogen-bond donors (Lipinski definition) is 1. The van der Waals surface area contributed by atoms with Crippen LogP contribution in [0.2, 0.25) is 5.02 Å². The fraction of sp³-hybridized carbons (Fsp3) is 0. The molecule has 0 atom stereocenters. The number of para-hydroxylation sites is 1. The highest BCUT2D eigenvalue weighted by molar-refractivity contribution is 6.32. The van der Waals surface area contributed by atoms with Crippen molar-refractivity contribution in [3.05, 3.63) is 52.8 Å². The van der Waals surface area contributed by atoms with Gasteiger partial charge in [0.15, 0.2) is 0 Å².